The van der Waals surface area contributed by atoms with Gasteiger partial charge in [-0.25, -0.2) is 0 Å². The van der Waals surface area contributed by atoms with Crippen molar-refractivity contribution in [3.8, 4) is 0 Å². The zero-order chi connectivity index (χ0) is 17.5. The van der Waals surface area contributed by atoms with Gasteiger partial charge >= 0.3 is 5.70 Å². The third-order valence-electron chi connectivity index (χ3n) is 3.28. The standard InChI is InChI=1S/C15H15BrCl2N2O3S/c16-14(18)12(17)13(20(21)22)15(19-6-8-23-9-7-19)24-10-11-4-2-1-3-5-11/h1-5H,6-10H2/b14-12+,15-13+. The monoisotopic (exact) mass is 452 g/mol. The van der Waals surface area contributed by atoms with E-state index in [0.717, 1.165) is 5.56 Å². The van der Waals surface area contributed by atoms with Gasteiger partial charge in [0.25, 0.3) is 0 Å². The van der Waals surface area contributed by atoms with Gasteiger partial charge < -0.3 is 9.64 Å². The summed E-state index contributed by atoms with van der Waals surface area (Å²) in [5.74, 6) is 0.592. The minimum absolute atomic E-state index is 0.0157. The number of halogens is 3. The zero-order valence-corrected chi connectivity index (χ0v) is 16.5. The topological polar surface area (TPSA) is 55.6 Å². The second-order valence-corrected chi connectivity index (χ2v) is 7.83. The van der Waals surface area contributed by atoms with Crippen LogP contribution in [0.15, 0.2) is 50.0 Å². The van der Waals surface area contributed by atoms with Crippen LogP contribution in [0.1, 0.15) is 5.56 Å². The molecular weight excluding hydrogens is 439 g/mol. The Kier molecular flexibility index (Phi) is 7.90. The highest BCUT2D eigenvalue weighted by molar-refractivity contribution is 9.12. The summed E-state index contributed by atoms with van der Waals surface area (Å²) in [4.78, 5) is 13.0. The Labute approximate surface area is 162 Å². The number of ether oxygens (including phenoxy) is 1. The molecule has 1 aliphatic rings. The highest BCUT2D eigenvalue weighted by Crippen LogP contribution is 2.36. The number of nitro groups is 1. The molecule has 0 atom stereocenters. The van der Waals surface area contributed by atoms with E-state index in [1.165, 1.54) is 11.8 Å². The van der Waals surface area contributed by atoms with Crippen LogP contribution in [0.5, 0.6) is 0 Å². The number of nitrogens with zero attached hydrogens (tertiary/aromatic N) is 2. The van der Waals surface area contributed by atoms with E-state index in [-0.39, 0.29) is 14.7 Å². The highest BCUT2D eigenvalue weighted by Gasteiger charge is 2.30. The Balaban J connectivity index is 2.37. The minimum Gasteiger partial charge on any atom is -0.378 e. The lowest BCUT2D eigenvalue weighted by atomic mass is 10.2. The molecule has 1 heterocycles. The third-order valence-corrected chi connectivity index (χ3v) is 5.76. The van der Waals surface area contributed by atoms with E-state index in [2.05, 4.69) is 15.9 Å². The van der Waals surface area contributed by atoms with E-state index in [4.69, 9.17) is 27.9 Å². The molecule has 2 rings (SSSR count). The largest absolute Gasteiger partial charge is 0.378 e. The smallest absolute Gasteiger partial charge is 0.319 e. The van der Waals surface area contributed by atoms with Gasteiger partial charge in [-0.05, 0) is 21.5 Å². The van der Waals surface area contributed by atoms with Crippen molar-refractivity contribution in [1.82, 2.24) is 4.90 Å². The molecule has 0 aliphatic carbocycles. The third kappa shape index (κ3) is 5.39. The van der Waals surface area contributed by atoms with Crippen LogP contribution in [0.25, 0.3) is 0 Å². The van der Waals surface area contributed by atoms with Crippen LogP contribution in [-0.2, 0) is 10.5 Å². The summed E-state index contributed by atoms with van der Waals surface area (Å²) in [5, 5.41) is 12.0. The summed E-state index contributed by atoms with van der Waals surface area (Å²) >= 11 is 16.3. The first-order valence-corrected chi connectivity index (χ1v) is 9.63. The van der Waals surface area contributed by atoms with Crippen molar-refractivity contribution in [2.45, 2.75) is 5.75 Å². The minimum atomic E-state index is -0.491. The Morgan fingerprint density at radius 2 is 1.92 bits per heavy atom. The molecule has 130 valence electrons. The molecule has 0 aromatic heterocycles. The number of thioether (sulfide) groups is 1. The maximum atomic E-state index is 11.6. The van der Waals surface area contributed by atoms with E-state index in [1.807, 2.05) is 35.2 Å². The zero-order valence-electron chi connectivity index (χ0n) is 12.6. The Hall–Kier alpha value is -0.730. The summed E-state index contributed by atoms with van der Waals surface area (Å²) in [6.45, 7) is 2.17. The summed E-state index contributed by atoms with van der Waals surface area (Å²) in [6, 6.07) is 9.75. The van der Waals surface area contributed by atoms with E-state index >= 15 is 0 Å². The lowest BCUT2D eigenvalue weighted by Crippen LogP contribution is -2.36. The van der Waals surface area contributed by atoms with E-state index in [0.29, 0.717) is 37.1 Å². The van der Waals surface area contributed by atoms with Crippen LogP contribution in [-0.4, -0.2) is 36.1 Å². The molecule has 1 aromatic rings. The Bertz CT molecular complexity index is 645. The van der Waals surface area contributed by atoms with Gasteiger partial charge in [-0.15, -0.1) is 0 Å². The molecule has 1 aromatic carbocycles. The normalized spacial score (nSPS) is 17.2. The maximum Gasteiger partial charge on any atom is 0.319 e. The molecule has 1 saturated heterocycles. The quantitative estimate of drug-likeness (QED) is 0.353. The maximum absolute atomic E-state index is 11.6. The number of allylic oxidation sites excluding steroid dienone is 1. The molecule has 0 amide bonds. The Morgan fingerprint density at radius 1 is 1.29 bits per heavy atom. The molecule has 0 N–H and O–H groups in total. The number of rotatable bonds is 6. The molecule has 24 heavy (non-hydrogen) atoms. The van der Waals surface area contributed by atoms with E-state index in [1.54, 1.807) is 0 Å². The van der Waals surface area contributed by atoms with Crippen LogP contribution in [0.4, 0.5) is 0 Å². The molecule has 1 fully saturated rings. The average Bonchev–Trinajstić information content (AvgIpc) is 2.59. The first-order valence-electron chi connectivity index (χ1n) is 7.10. The molecule has 0 spiro atoms. The van der Waals surface area contributed by atoms with E-state index < -0.39 is 4.92 Å². The predicted octanol–water partition coefficient (Wildman–Crippen LogP) is 4.74. The van der Waals surface area contributed by atoms with Gasteiger partial charge in [-0.2, -0.15) is 0 Å². The highest BCUT2D eigenvalue weighted by atomic mass is 79.9. The van der Waals surface area contributed by atoms with Gasteiger partial charge in [0.05, 0.1) is 18.1 Å². The van der Waals surface area contributed by atoms with Crippen LogP contribution < -0.4 is 0 Å². The SMILES string of the molecule is O=[N+]([O-])C(/C(Cl)=C(\Cl)Br)=C(/SCc1ccccc1)N1CCOCC1. The molecule has 0 radical (unpaired) electrons. The fraction of sp³-hybridized carbons (Fsp3) is 0.333. The summed E-state index contributed by atoms with van der Waals surface area (Å²) in [5.41, 5.74) is 0.877. The molecule has 0 saturated carbocycles. The number of morpholine rings is 1. The van der Waals surface area contributed by atoms with Gasteiger partial charge in [-0.3, -0.25) is 10.1 Å². The molecule has 0 unspecified atom stereocenters. The van der Waals surface area contributed by atoms with Crippen molar-refractivity contribution in [3.63, 3.8) is 0 Å². The number of benzene rings is 1. The van der Waals surface area contributed by atoms with Crippen molar-refractivity contribution >= 4 is 50.9 Å². The molecule has 5 nitrogen and oxygen atoms in total. The van der Waals surface area contributed by atoms with Crippen LogP contribution >= 0.6 is 50.9 Å². The van der Waals surface area contributed by atoms with Gasteiger partial charge in [0.15, 0.2) is 5.03 Å². The second-order valence-electron chi connectivity index (χ2n) is 4.86. The first kappa shape index (κ1) is 19.6. The van der Waals surface area contributed by atoms with Crippen molar-refractivity contribution in [3.05, 3.63) is 65.7 Å². The summed E-state index contributed by atoms with van der Waals surface area (Å²) < 4.78 is 5.35. The van der Waals surface area contributed by atoms with Gasteiger partial charge in [0, 0.05) is 18.8 Å². The number of hydrogen-bond acceptors (Lipinski definition) is 5. The van der Waals surface area contributed by atoms with Crippen molar-refractivity contribution < 1.29 is 9.66 Å². The molecule has 1 aliphatic heterocycles. The van der Waals surface area contributed by atoms with Crippen LogP contribution in [0, 0.1) is 10.1 Å². The fourth-order valence-corrected chi connectivity index (χ4v) is 3.81. The summed E-state index contributed by atoms with van der Waals surface area (Å²) in [7, 11) is 0. The van der Waals surface area contributed by atoms with Gasteiger partial charge in [0.1, 0.15) is 8.97 Å². The van der Waals surface area contributed by atoms with Gasteiger partial charge in [0.2, 0.25) is 0 Å². The Morgan fingerprint density at radius 3 is 2.46 bits per heavy atom. The van der Waals surface area contributed by atoms with Crippen molar-refractivity contribution in [1.29, 1.82) is 0 Å². The van der Waals surface area contributed by atoms with E-state index in [9.17, 15) is 10.1 Å². The summed E-state index contributed by atoms with van der Waals surface area (Å²) in [6.07, 6.45) is 0. The second kappa shape index (κ2) is 9.68. The predicted molar refractivity (Wildman–Crippen MR) is 102 cm³/mol. The van der Waals surface area contributed by atoms with Crippen LogP contribution in [0.2, 0.25) is 0 Å². The number of hydrogen-bond donors (Lipinski definition) is 0. The molecular formula is C15H15BrCl2N2O3S. The average molecular weight is 454 g/mol. The fourth-order valence-electron chi connectivity index (χ4n) is 2.14. The first-order chi connectivity index (χ1) is 11.5. The van der Waals surface area contributed by atoms with Gasteiger partial charge in [-0.1, -0.05) is 65.3 Å². The lowest BCUT2D eigenvalue weighted by Gasteiger charge is -2.30. The molecule has 0 bridgehead atoms. The van der Waals surface area contributed by atoms with Crippen LogP contribution in [0.3, 0.4) is 0 Å². The van der Waals surface area contributed by atoms with Crippen molar-refractivity contribution in [2.24, 2.45) is 0 Å². The molecule has 9 heteroatoms. The lowest BCUT2D eigenvalue weighted by molar-refractivity contribution is -0.421. The van der Waals surface area contributed by atoms with Crippen molar-refractivity contribution in [2.75, 3.05) is 26.3 Å².